The molecule has 0 aliphatic carbocycles. The van der Waals surface area contributed by atoms with Gasteiger partial charge in [-0.15, -0.1) is 0 Å². The average Bonchev–Trinajstić information content (AvgIpc) is 2.44. The van der Waals surface area contributed by atoms with E-state index >= 15 is 0 Å². The maximum Gasteiger partial charge on any atom is 0.241 e. The van der Waals surface area contributed by atoms with Crippen LogP contribution in [0.1, 0.15) is 25.3 Å². The van der Waals surface area contributed by atoms with Crippen LogP contribution in [0.25, 0.3) is 0 Å². The van der Waals surface area contributed by atoms with E-state index < -0.39 is 6.04 Å². The van der Waals surface area contributed by atoms with Crippen LogP contribution in [-0.4, -0.2) is 24.5 Å². The quantitative estimate of drug-likeness (QED) is 0.331. The number of nitrogens with two attached hydrogens (primary N) is 3. The highest BCUT2D eigenvalue weighted by Crippen LogP contribution is 2.10. The molecule has 1 atom stereocenters. The van der Waals surface area contributed by atoms with Gasteiger partial charge in [-0.25, -0.2) is 0 Å². The van der Waals surface area contributed by atoms with E-state index in [1.165, 1.54) is 5.56 Å². The van der Waals surface area contributed by atoms with Crippen molar-refractivity contribution in [3.05, 3.63) is 29.8 Å². The molecule has 0 radical (unpaired) electrons. The molecule has 1 aromatic rings. The van der Waals surface area contributed by atoms with Gasteiger partial charge < -0.3 is 22.5 Å². The molecule has 1 aromatic carbocycles. The van der Waals surface area contributed by atoms with E-state index in [4.69, 9.17) is 17.2 Å². The fourth-order valence-electron chi connectivity index (χ4n) is 1.71. The maximum absolute atomic E-state index is 11.9. The number of aryl methyl sites for hydroxylation is 1. The van der Waals surface area contributed by atoms with Crippen LogP contribution in [0.5, 0.6) is 0 Å². The second kappa shape index (κ2) is 8.16. The number of guanidine groups is 1. The Morgan fingerprint density at radius 1 is 1.30 bits per heavy atom. The van der Waals surface area contributed by atoms with E-state index in [9.17, 15) is 4.79 Å². The molecule has 0 saturated carbocycles. The molecule has 0 heterocycles. The summed E-state index contributed by atoms with van der Waals surface area (Å²) in [5, 5.41) is 2.79. The van der Waals surface area contributed by atoms with Gasteiger partial charge in [-0.3, -0.25) is 9.79 Å². The van der Waals surface area contributed by atoms with Gasteiger partial charge in [-0.05, 0) is 37.0 Å². The molecular formula is C14H23N5O. The molecule has 110 valence electrons. The Morgan fingerprint density at radius 3 is 2.50 bits per heavy atom. The van der Waals surface area contributed by atoms with Crippen molar-refractivity contribution in [3.8, 4) is 0 Å². The van der Waals surface area contributed by atoms with Crippen LogP contribution in [0, 0.1) is 0 Å². The first-order valence-electron chi connectivity index (χ1n) is 6.73. The number of carbonyl (C=O) groups excluding carboxylic acids is 1. The molecule has 0 fully saturated rings. The third-order valence-corrected chi connectivity index (χ3v) is 2.93. The summed E-state index contributed by atoms with van der Waals surface area (Å²) in [7, 11) is 0. The minimum absolute atomic E-state index is 0.0547. The fraction of sp³-hybridized carbons (Fsp3) is 0.429. The van der Waals surface area contributed by atoms with Crippen LogP contribution in [0.4, 0.5) is 5.69 Å². The second-order valence-corrected chi connectivity index (χ2v) is 4.60. The van der Waals surface area contributed by atoms with E-state index in [0.29, 0.717) is 19.4 Å². The Labute approximate surface area is 119 Å². The lowest BCUT2D eigenvalue weighted by Crippen LogP contribution is -2.35. The molecule has 1 amide bonds. The third kappa shape index (κ3) is 5.71. The number of amides is 1. The molecule has 0 aliphatic heterocycles. The minimum Gasteiger partial charge on any atom is -0.370 e. The predicted molar refractivity (Wildman–Crippen MR) is 82.3 cm³/mol. The molecule has 1 rings (SSSR count). The van der Waals surface area contributed by atoms with Crippen molar-refractivity contribution >= 4 is 17.6 Å². The first-order valence-corrected chi connectivity index (χ1v) is 6.73. The Kier molecular flexibility index (Phi) is 6.52. The molecule has 0 bridgehead atoms. The normalized spacial score (nSPS) is 11.7. The summed E-state index contributed by atoms with van der Waals surface area (Å²) in [6, 6.07) is 7.17. The van der Waals surface area contributed by atoms with Gasteiger partial charge >= 0.3 is 0 Å². The van der Waals surface area contributed by atoms with Gasteiger partial charge in [0.15, 0.2) is 5.96 Å². The summed E-state index contributed by atoms with van der Waals surface area (Å²) >= 11 is 0. The highest BCUT2D eigenvalue weighted by molar-refractivity contribution is 5.94. The number of aliphatic imine (C=N–C) groups is 1. The Hall–Kier alpha value is -2.08. The third-order valence-electron chi connectivity index (χ3n) is 2.93. The van der Waals surface area contributed by atoms with Crippen LogP contribution in [0.15, 0.2) is 29.3 Å². The SMILES string of the molecule is CCc1ccc(NC(=O)[C@@H](N)CCCN=C(N)N)cc1. The van der Waals surface area contributed by atoms with Crippen LogP contribution in [0.3, 0.4) is 0 Å². The molecule has 0 spiro atoms. The molecule has 7 N–H and O–H groups in total. The van der Waals surface area contributed by atoms with E-state index in [2.05, 4.69) is 17.2 Å². The smallest absolute Gasteiger partial charge is 0.241 e. The second-order valence-electron chi connectivity index (χ2n) is 4.60. The lowest BCUT2D eigenvalue weighted by atomic mass is 10.1. The number of nitrogens with zero attached hydrogens (tertiary/aromatic N) is 1. The Balaban J connectivity index is 2.38. The van der Waals surface area contributed by atoms with Crippen molar-refractivity contribution in [2.24, 2.45) is 22.2 Å². The average molecular weight is 277 g/mol. The molecule has 0 saturated heterocycles. The van der Waals surface area contributed by atoms with Crippen molar-refractivity contribution in [2.45, 2.75) is 32.2 Å². The largest absolute Gasteiger partial charge is 0.370 e. The van der Waals surface area contributed by atoms with E-state index in [1.54, 1.807) is 0 Å². The highest BCUT2D eigenvalue weighted by Gasteiger charge is 2.12. The number of benzene rings is 1. The maximum atomic E-state index is 11.9. The monoisotopic (exact) mass is 277 g/mol. The van der Waals surface area contributed by atoms with Crippen LogP contribution in [-0.2, 0) is 11.2 Å². The molecule has 0 aromatic heterocycles. The topological polar surface area (TPSA) is 120 Å². The summed E-state index contributed by atoms with van der Waals surface area (Å²) < 4.78 is 0. The zero-order valence-corrected chi connectivity index (χ0v) is 11.8. The van der Waals surface area contributed by atoms with Crippen molar-refractivity contribution in [1.29, 1.82) is 0 Å². The zero-order chi connectivity index (χ0) is 15.0. The first kappa shape index (κ1) is 16.0. The van der Waals surface area contributed by atoms with Crippen molar-refractivity contribution in [3.63, 3.8) is 0 Å². The van der Waals surface area contributed by atoms with Crippen LogP contribution < -0.4 is 22.5 Å². The van der Waals surface area contributed by atoms with Crippen molar-refractivity contribution < 1.29 is 4.79 Å². The first-order chi connectivity index (χ1) is 9.52. The van der Waals surface area contributed by atoms with E-state index in [1.807, 2.05) is 24.3 Å². The van der Waals surface area contributed by atoms with Gasteiger partial charge in [0, 0.05) is 12.2 Å². The van der Waals surface area contributed by atoms with Crippen molar-refractivity contribution in [1.82, 2.24) is 0 Å². The van der Waals surface area contributed by atoms with E-state index in [0.717, 1.165) is 12.1 Å². The number of nitrogens with one attached hydrogen (secondary N) is 1. The predicted octanol–water partition coefficient (Wildman–Crippen LogP) is 0.568. The number of rotatable bonds is 7. The summed E-state index contributed by atoms with van der Waals surface area (Å²) in [5.74, 6) is -0.141. The zero-order valence-electron chi connectivity index (χ0n) is 11.8. The number of carbonyl (C=O) groups is 1. The van der Waals surface area contributed by atoms with Gasteiger partial charge in [0.25, 0.3) is 0 Å². The summed E-state index contributed by atoms with van der Waals surface area (Å²) in [6.07, 6.45) is 2.18. The Bertz CT molecular complexity index is 451. The van der Waals surface area contributed by atoms with Gasteiger partial charge in [0.05, 0.1) is 6.04 Å². The standard InChI is InChI=1S/C14H23N5O/c1-2-10-5-7-11(8-6-10)19-13(20)12(15)4-3-9-18-14(16)17/h5-8,12H,2-4,9,15H2,1H3,(H,19,20)(H4,16,17,18)/t12-/m0/s1. The summed E-state index contributed by atoms with van der Waals surface area (Å²) in [4.78, 5) is 15.7. The Morgan fingerprint density at radius 2 is 1.95 bits per heavy atom. The molecule has 20 heavy (non-hydrogen) atoms. The number of hydrogen-bond donors (Lipinski definition) is 4. The molecule has 0 unspecified atom stereocenters. The molecule has 6 nitrogen and oxygen atoms in total. The number of anilines is 1. The van der Waals surface area contributed by atoms with Gasteiger partial charge in [0.2, 0.25) is 5.91 Å². The van der Waals surface area contributed by atoms with Crippen LogP contribution >= 0.6 is 0 Å². The molecule has 6 heteroatoms. The minimum atomic E-state index is -0.560. The lowest BCUT2D eigenvalue weighted by molar-refractivity contribution is -0.117. The number of hydrogen-bond acceptors (Lipinski definition) is 3. The summed E-state index contributed by atoms with van der Waals surface area (Å²) in [5.41, 5.74) is 18.2. The van der Waals surface area contributed by atoms with Crippen LogP contribution in [0.2, 0.25) is 0 Å². The van der Waals surface area contributed by atoms with Gasteiger partial charge in [0.1, 0.15) is 0 Å². The van der Waals surface area contributed by atoms with Gasteiger partial charge in [-0.1, -0.05) is 19.1 Å². The highest BCUT2D eigenvalue weighted by atomic mass is 16.2. The molecule has 0 aliphatic rings. The molecular weight excluding hydrogens is 254 g/mol. The fourth-order valence-corrected chi connectivity index (χ4v) is 1.71. The van der Waals surface area contributed by atoms with Crippen molar-refractivity contribution in [2.75, 3.05) is 11.9 Å². The lowest BCUT2D eigenvalue weighted by Gasteiger charge is -2.12. The summed E-state index contributed by atoms with van der Waals surface area (Å²) in [6.45, 7) is 2.56. The van der Waals surface area contributed by atoms with Gasteiger partial charge in [-0.2, -0.15) is 0 Å². The van der Waals surface area contributed by atoms with E-state index in [-0.39, 0.29) is 11.9 Å².